The third-order valence-electron chi connectivity index (χ3n) is 2.22. The van der Waals surface area contributed by atoms with Crippen LogP contribution in [0.15, 0.2) is 24.5 Å². The molecule has 0 saturated heterocycles. The van der Waals surface area contributed by atoms with E-state index in [1.807, 2.05) is 12.1 Å². The SMILES string of the molecule is C[C@@H](O)CCN[C@H](C)c1ccncc1. The first-order valence-electron chi connectivity index (χ1n) is 5.01. The number of hydrogen-bond donors (Lipinski definition) is 2. The maximum absolute atomic E-state index is 9.09. The summed E-state index contributed by atoms with van der Waals surface area (Å²) in [5.74, 6) is 0. The molecule has 1 heterocycles. The number of nitrogens with one attached hydrogen (secondary N) is 1. The van der Waals surface area contributed by atoms with Gasteiger partial charge in [-0.1, -0.05) is 0 Å². The molecular weight excluding hydrogens is 176 g/mol. The number of nitrogens with zero attached hydrogens (tertiary/aromatic N) is 1. The summed E-state index contributed by atoms with van der Waals surface area (Å²) in [5, 5.41) is 12.4. The van der Waals surface area contributed by atoms with Crippen LogP contribution in [0.25, 0.3) is 0 Å². The van der Waals surface area contributed by atoms with Crippen molar-refractivity contribution in [2.24, 2.45) is 0 Å². The van der Waals surface area contributed by atoms with E-state index in [2.05, 4.69) is 17.2 Å². The van der Waals surface area contributed by atoms with Gasteiger partial charge in [-0.05, 0) is 44.5 Å². The minimum atomic E-state index is -0.229. The molecule has 0 radical (unpaired) electrons. The molecule has 3 heteroatoms. The van der Waals surface area contributed by atoms with Crippen molar-refractivity contribution in [1.82, 2.24) is 10.3 Å². The third kappa shape index (κ3) is 3.85. The molecule has 78 valence electrons. The Morgan fingerprint density at radius 1 is 1.36 bits per heavy atom. The van der Waals surface area contributed by atoms with Gasteiger partial charge in [0.1, 0.15) is 0 Å². The molecule has 2 atom stereocenters. The lowest BCUT2D eigenvalue weighted by Crippen LogP contribution is -2.22. The third-order valence-corrected chi connectivity index (χ3v) is 2.22. The van der Waals surface area contributed by atoms with Crippen molar-refractivity contribution in [3.63, 3.8) is 0 Å². The highest BCUT2D eigenvalue weighted by Crippen LogP contribution is 2.09. The number of hydrogen-bond acceptors (Lipinski definition) is 3. The summed E-state index contributed by atoms with van der Waals surface area (Å²) in [6.07, 6.45) is 4.15. The molecule has 0 saturated carbocycles. The van der Waals surface area contributed by atoms with Crippen LogP contribution in [0.5, 0.6) is 0 Å². The second kappa shape index (κ2) is 5.73. The Hall–Kier alpha value is -0.930. The molecule has 0 amide bonds. The van der Waals surface area contributed by atoms with E-state index in [4.69, 9.17) is 5.11 Å². The number of rotatable bonds is 5. The summed E-state index contributed by atoms with van der Waals surface area (Å²) in [6.45, 7) is 4.75. The summed E-state index contributed by atoms with van der Waals surface area (Å²) in [4.78, 5) is 3.97. The molecule has 1 rings (SSSR count). The van der Waals surface area contributed by atoms with Crippen LogP contribution in [0.2, 0.25) is 0 Å². The van der Waals surface area contributed by atoms with Gasteiger partial charge in [0.05, 0.1) is 6.10 Å². The van der Waals surface area contributed by atoms with Crippen molar-refractivity contribution < 1.29 is 5.11 Å². The van der Waals surface area contributed by atoms with Crippen LogP contribution >= 0.6 is 0 Å². The quantitative estimate of drug-likeness (QED) is 0.746. The molecule has 0 aromatic carbocycles. The Bertz CT molecular complexity index is 249. The Morgan fingerprint density at radius 3 is 2.57 bits per heavy atom. The van der Waals surface area contributed by atoms with E-state index in [0.29, 0.717) is 6.04 Å². The first-order chi connectivity index (χ1) is 6.70. The smallest absolute Gasteiger partial charge is 0.0524 e. The first kappa shape index (κ1) is 11.1. The minimum Gasteiger partial charge on any atom is -0.393 e. The fourth-order valence-electron chi connectivity index (χ4n) is 1.28. The minimum absolute atomic E-state index is 0.229. The van der Waals surface area contributed by atoms with E-state index in [1.54, 1.807) is 19.3 Å². The summed E-state index contributed by atoms with van der Waals surface area (Å²) in [7, 11) is 0. The number of aliphatic hydroxyl groups is 1. The van der Waals surface area contributed by atoms with Gasteiger partial charge in [-0.25, -0.2) is 0 Å². The van der Waals surface area contributed by atoms with E-state index in [9.17, 15) is 0 Å². The predicted octanol–water partition coefficient (Wildman–Crippen LogP) is 1.50. The largest absolute Gasteiger partial charge is 0.393 e. The average Bonchev–Trinajstić information content (AvgIpc) is 2.18. The normalized spacial score (nSPS) is 15.1. The van der Waals surface area contributed by atoms with Crippen molar-refractivity contribution >= 4 is 0 Å². The summed E-state index contributed by atoms with van der Waals surface area (Å²) in [6, 6.07) is 4.32. The zero-order chi connectivity index (χ0) is 10.4. The molecule has 0 aliphatic heterocycles. The summed E-state index contributed by atoms with van der Waals surface area (Å²) < 4.78 is 0. The van der Waals surface area contributed by atoms with E-state index in [-0.39, 0.29) is 6.10 Å². The van der Waals surface area contributed by atoms with Crippen molar-refractivity contribution in [3.8, 4) is 0 Å². The number of pyridine rings is 1. The van der Waals surface area contributed by atoms with Gasteiger partial charge in [-0.15, -0.1) is 0 Å². The summed E-state index contributed by atoms with van der Waals surface area (Å²) >= 11 is 0. The van der Waals surface area contributed by atoms with E-state index in [0.717, 1.165) is 13.0 Å². The maximum atomic E-state index is 9.09. The topological polar surface area (TPSA) is 45.1 Å². The molecular formula is C11H18N2O. The lowest BCUT2D eigenvalue weighted by Gasteiger charge is -2.14. The molecule has 3 nitrogen and oxygen atoms in total. The Kier molecular flexibility index (Phi) is 4.56. The first-order valence-corrected chi connectivity index (χ1v) is 5.01. The Morgan fingerprint density at radius 2 is 2.00 bits per heavy atom. The Balaban J connectivity index is 2.32. The average molecular weight is 194 g/mol. The molecule has 0 unspecified atom stereocenters. The lowest BCUT2D eigenvalue weighted by molar-refractivity contribution is 0.182. The number of aliphatic hydroxyl groups excluding tert-OH is 1. The fourth-order valence-corrected chi connectivity index (χ4v) is 1.28. The van der Waals surface area contributed by atoms with E-state index in [1.165, 1.54) is 5.56 Å². The van der Waals surface area contributed by atoms with E-state index >= 15 is 0 Å². The van der Waals surface area contributed by atoms with Crippen molar-refractivity contribution in [1.29, 1.82) is 0 Å². The predicted molar refractivity (Wildman–Crippen MR) is 57.0 cm³/mol. The highest BCUT2D eigenvalue weighted by molar-refractivity contribution is 5.13. The van der Waals surface area contributed by atoms with Crippen LogP contribution in [0.3, 0.4) is 0 Å². The van der Waals surface area contributed by atoms with Gasteiger partial charge in [0.25, 0.3) is 0 Å². The molecule has 0 aliphatic carbocycles. The van der Waals surface area contributed by atoms with Gasteiger partial charge in [0, 0.05) is 18.4 Å². The molecule has 0 fully saturated rings. The second-order valence-corrected chi connectivity index (χ2v) is 3.59. The Labute approximate surface area is 85.2 Å². The van der Waals surface area contributed by atoms with Gasteiger partial charge in [0.15, 0.2) is 0 Å². The van der Waals surface area contributed by atoms with Gasteiger partial charge in [0.2, 0.25) is 0 Å². The molecule has 0 bridgehead atoms. The standard InChI is InChI=1S/C11H18N2O/c1-9(14)3-8-13-10(2)11-4-6-12-7-5-11/h4-7,9-10,13-14H,3,8H2,1-2H3/t9-,10-/m1/s1. The molecule has 0 spiro atoms. The van der Waals surface area contributed by atoms with Crippen LogP contribution in [0, 0.1) is 0 Å². The van der Waals surface area contributed by atoms with Crippen molar-refractivity contribution in [2.75, 3.05) is 6.54 Å². The van der Waals surface area contributed by atoms with Crippen molar-refractivity contribution in [2.45, 2.75) is 32.4 Å². The van der Waals surface area contributed by atoms with Crippen LogP contribution in [0.4, 0.5) is 0 Å². The van der Waals surface area contributed by atoms with Crippen molar-refractivity contribution in [3.05, 3.63) is 30.1 Å². The zero-order valence-corrected chi connectivity index (χ0v) is 8.77. The molecule has 14 heavy (non-hydrogen) atoms. The fraction of sp³-hybridized carbons (Fsp3) is 0.545. The molecule has 0 aliphatic rings. The van der Waals surface area contributed by atoms with Gasteiger partial charge < -0.3 is 10.4 Å². The second-order valence-electron chi connectivity index (χ2n) is 3.59. The molecule has 2 N–H and O–H groups in total. The monoisotopic (exact) mass is 194 g/mol. The molecule has 1 aromatic heterocycles. The van der Waals surface area contributed by atoms with E-state index < -0.39 is 0 Å². The van der Waals surface area contributed by atoms with Crippen LogP contribution in [-0.2, 0) is 0 Å². The van der Waals surface area contributed by atoms with Gasteiger partial charge in [-0.2, -0.15) is 0 Å². The molecule has 1 aromatic rings. The highest BCUT2D eigenvalue weighted by Gasteiger charge is 2.03. The van der Waals surface area contributed by atoms with Crippen LogP contribution in [-0.4, -0.2) is 22.7 Å². The van der Waals surface area contributed by atoms with Gasteiger partial charge >= 0.3 is 0 Å². The van der Waals surface area contributed by atoms with Crippen LogP contribution < -0.4 is 5.32 Å². The van der Waals surface area contributed by atoms with Gasteiger partial charge in [-0.3, -0.25) is 4.98 Å². The summed E-state index contributed by atoms with van der Waals surface area (Å²) in [5.41, 5.74) is 1.23. The zero-order valence-electron chi connectivity index (χ0n) is 8.77. The van der Waals surface area contributed by atoms with Crippen LogP contribution in [0.1, 0.15) is 31.9 Å². The highest BCUT2D eigenvalue weighted by atomic mass is 16.3. The lowest BCUT2D eigenvalue weighted by atomic mass is 10.1. The number of aromatic nitrogens is 1. The maximum Gasteiger partial charge on any atom is 0.0524 e.